The van der Waals surface area contributed by atoms with Crippen molar-refractivity contribution in [3.8, 4) is 0 Å². The number of nitrogens with one attached hydrogen (secondary N) is 2. The molecule has 8 nitrogen and oxygen atoms in total. The summed E-state index contributed by atoms with van der Waals surface area (Å²) >= 11 is 0. The van der Waals surface area contributed by atoms with Gasteiger partial charge in [0.1, 0.15) is 5.82 Å². The molecule has 2 rings (SSSR count). The number of hydrogen-bond acceptors (Lipinski definition) is 4. The first kappa shape index (κ1) is 13.4. The van der Waals surface area contributed by atoms with Gasteiger partial charge in [0.2, 0.25) is 0 Å². The van der Waals surface area contributed by atoms with Crippen LogP contribution in [0.4, 0.5) is 10.6 Å². The molecule has 6 N–H and O–H groups in total. The van der Waals surface area contributed by atoms with Crippen LogP contribution in [0, 0.1) is 0 Å². The van der Waals surface area contributed by atoms with Gasteiger partial charge >= 0.3 is 12.0 Å². The Bertz CT molecular complexity index is 720. The number of anilines is 1. The Morgan fingerprint density at radius 2 is 1.95 bits per heavy atom. The molecule has 3 amide bonds. The monoisotopic (exact) mass is 276 g/mol. The van der Waals surface area contributed by atoms with Crippen LogP contribution in [0.25, 0.3) is 10.9 Å². The lowest BCUT2D eigenvalue weighted by molar-refractivity contribution is 0.0600. The number of fused-ring (bicyclic) bond motifs is 1. The zero-order chi connectivity index (χ0) is 14.9. The van der Waals surface area contributed by atoms with E-state index >= 15 is 0 Å². The van der Waals surface area contributed by atoms with Crippen LogP contribution in [0.5, 0.6) is 0 Å². The smallest absolute Gasteiger partial charge is 0.337 e. The highest BCUT2D eigenvalue weighted by Gasteiger charge is 2.18. The van der Waals surface area contributed by atoms with Gasteiger partial charge in [0, 0.05) is 10.9 Å². The number of carbonyl (C=O) groups is 3. The van der Waals surface area contributed by atoms with Gasteiger partial charge in [-0.15, -0.1) is 0 Å². The third kappa shape index (κ3) is 2.26. The summed E-state index contributed by atoms with van der Waals surface area (Å²) in [5.41, 5.74) is 11.1. The number of aromatic nitrogens is 1. The Morgan fingerprint density at radius 3 is 2.50 bits per heavy atom. The number of amides is 3. The molecule has 0 bridgehead atoms. The second-order valence-corrected chi connectivity index (χ2v) is 3.98. The quantitative estimate of drug-likeness (QED) is 0.607. The predicted molar refractivity (Wildman–Crippen MR) is 71.4 cm³/mol. The summed E-state index contributed by atoms with van der Waals surface area (Å²) in [7, 11) is 1.26. The average molecular weight is 276 g/mol. The van der Waals surface area contributed by atoms with Crippen molar-refractivity contribution < 1.29 is 19.1 Å². The third-order valence-corrected chi connectivity index (χ3v) is 2.71. The Balaban J connectivity index is 2.63. The van der Waals surface area contributed by atoms with Crippen LogP contribution in [0.15, 0.2) is 18.2 Å². The lowest BCUT2D eigenvalue weighted by Gasteiger charge is -2.00. The molecule has 1 heterocycles. The van der Waals surface area contributed by atoms with Gasteiger partial charge in [-0.05, 0) is 12.1 Å². The van der Waals surface area contributed by atoms with Crippen LogP contribution >= 0.6 is 0 Å². The number of primary amides is 2. The van der Waals surface area contributed by atoms with Gasteiger partial charge in [-0.25, -0.2) is 9.59 Å². The molecule has 0 aliphatic rings. The summed E-state index contributed by atoms with van der Waals surface area (Å²) in [6.07, 6.45) is 0. The molecule has 0 aliphatic heterocycles. The van der Waals surface area contributed by atoms with E-state index in [2.05, 4.69) is 15.0 Å². The number of ether oxygens (including phenoxy) is 1. The Morgan fingerprint density at radius 1 is 1.25 bits per heavy atom. The lowest BCUT2D eigenvalue weighted by Crippen LogP contribution is -2.22. The van der Waals surface area contributed by atoms with Crippen molar-refractivity contribution in [2.24, 2.45) is 11.5 Å². The Labute approximate surface area is 113 Å². The fraction of sp³-hybridized carbons (Fsp3) is 0.0833. The minimum atomic E-state index is -0.841. The van der Waals surface area contributed by atoms with Crippen LogP contribution in [0.3, 0.4) is 0 Å². The molecular weight excluding hydrogens is 264 g/mol. The number of nitrogens with two attached hydrogens (primary N) is 2. The van der Waals surface area contributed by atoms with E-state index < -0.39 is 17.9 Å². The van der Waals surface area contributed by atoms with E-state index in [1.165, 1.54) is 25.3 Å². The van der Waals surface area contributed by atoms with Gasteiger partial charge in [-0.2, -0.15) is 0 Å². The maximum absolute atomic E-state index is 11.5. The summed E-state index contributed by atoms with van der Waals surface area (Å²) in [6, 6.07) is 3.67. The van der Waals surface area contributed by atoms with Gasteiger partial charge in [0.25, 0.3) is 5.91 Å². The van der Waals surface area contributed by atoms with Crippen LogP contribution in [-0.4, -0.2) is 30.0 Å². The number of hydrogen-bond donors (Lipinski definition) is 4. The maximum Gasteiger partial charge on any atom is 0.337 e. The molecule has 2 aromatic rings. The van der Waals surface area contributed by atoms with Crippen molar-refractivity contribution in [3.63, 3.8) is 0 Å². The number of aromatic amines is 1. The molecule has 1 aromatic carbocycles. The van der Waals surface area contributed by atoms with E-state index in [1.54, 1.807) is 0 Å². The van der Waals surface area contributed by atoms with Gasteiger partial charge in [0.05, 0.1) is 18.2 Å². The van der Waals surface area contributed by atoms with E-state index in [9.17, 15) is 14.4 Å². The zero-order valence-electron chi connectivity index (χ0n) is 10.5. The first-order valence-electron chi connectivity index (χ1n) is 5.54. The minimum absolute atomic E-state index is 0.0852. The van der Waals surface area contributed by atoms with Crippen LogP contribution < -0.4 is 16.8 Å². The SMILES string of the molecule is COC(=O)c1ccc2c(C(N)=O)c(NC(N)=O)[nH]c2c1. The first-order valence-corrected chi connectivity index (χ1v) is 5.54. The van der Waals surface area contributed by atoms with E-state index in [0.29, 0.717) is 16.5 Å². The minimum Gasteiger partial charge on any atom is -0.465 e. The summed E-state index contributed by atoms with van der Waals surface area (Å²) in [6.45, 7) is 0. The second-order valence-electron chi connectivity index (χ2n) is 3.98. The number of esters is 1. The van der Waals surface area contributed by atoms with E-state index in [4.69, 9.17) is 11.5 Å². The first-order chi connectivity index (χ1) is 9.43. The van der Waals surface area contributed by atoms with Crippen molar-refractivity contribution in [2.45, 2.75) is 0 Å². The third-order valence-electron chi connectivity index (χ3n) is 2.71. The number of rotatable bonds is 3. The molecule has 0 spiro atoms. The number of methoxy groups -OCH3 is 1. The highest BCUT2D eigenvalue weighted by Crippen LogP contribution is 2.27. The largest absolute Gasteiger partial charge is 0.465 e. The zero-order valence-corrected chi connectivity index (χ0v) is 10.5. The molecule has 8 heteroatoms. The molecule has 0 radical (unpaired) electrons. The van der Waals surface area contributed by atoms with E-state index in [0.717, 1.165) is 0 Å². The van der Waals surface area contributed by atoms with E-state index in [-0.39, 0.29) is 11.4 Å². The number of carbonyl (C=O) groups excluding carboxylic acids is 3. The van der Waals surface area contributed by atoms with E-state index in [1.807, 2.05) is 0 Å². The molecule has 104 valence electrons. The summed E-state index contributed by atoms with van der Waals surface area (Å²) in [5, 5.41) is 2.74. The van der Waals surface area contributed by atoms with Gasteiger partial charge < -0.3 is 21.2 Å². The molecule has 0 fully saturated rings. The van der Waals surface area contributed by atoms with Crippen molar-refractivity contribution in [1.82, 2.24) is 4.98 Å². The van der Waals surface area contributed by atoms with Gasteiger partial charge in [-0.1, -0.05) is 6.07 Å². The normalized spacial score (nSPS) is 10.2. The fourth-order valence-corrected chi connectivity index (χ4v) is 1.92. The summed E-state index contributed by atoms with van der Waals surface area (Å²) < 4.78 is 4.60. The molecule has 0 saturated heterocycles. The number of urea groups is 1. The maximum atomic E-state index is 11.5. The molecule has 0 unspecified atom stereocenters. The second kappa shape index (κ2) is 4.92. The summed E-state index contributed by atoms with van der Waals surface area (Å²) in [4.78, 5) is 36.6. The Kier molecular flexibility index (Phi) is 3.30. The molecule has 0 aliphatic carbocycles. The topological polar surface area (TPSA) is 140 Å². The summed E-state index contributed by atoms with van der Waals surface area (Å²) in [5.74, 6) is -1.17. The van der Waals surface area contributed by atoms with Crippen molar-refractivity contribution in [1.29, 1.82) is 0 Å². The highest BCUT2D eigenvalue weighted by molar-refractivity contribution is 6.13. The van der Waals surface area contributed by atoms with Crippen LogP contribution in [0.1, 0.15) is 20.7 Å². The molecule has 0 atom stereocenters. The standard InChI is InChI=1S/C12H12N4O4/c1-20-11(18)5-2-3-6-7(4-5)15-10(16-12(14)19)8(6)9(13)17/h2-4,15H,1H3,(H2,13,17)(H3,14,16,19). The van der Waals surface area contributed by atoms with Crippen molar-refractivity contribution >= 4 is 34.6 Å². The molecule has 1 aromatic heterocycles. The lowest BCUT2D eigenvalue weighted by atomic mass is 10.1. The number of H-pyrrole nitrogens is 1. The highest BCUT2D eigenvalue weighted by atomic mass is 16.5. The number of benzene rings is 1. The Hall–Kier alpha value is -3.03. The predicted octanol–water partition coefficient (Wildman–Crippen LogP) is 0.544. The van der Waals surface area contributed by atoms with Gasteiger partial charge in [-0.3, -0.25) is 10.1 Å². The van der Waals surface area contributed by atoms with Crippen LogP contribution in [0.2, 0.25) is 0 Å². The van der Waals surface area contributed by atoms with Gasteiger partial charge in [0.15, 0.2) is 0 Å². The molecule has 0 saturated carbocycles. The van der Waals surface area contributed by atoms with Crippen molar-refractivity contribution in [2.75, 3.05) is 12.4 Å². The molecule has 20 heavy (non-hydrogen) atoms. The van der Waals surface area contributed by atoms with Crippen molar-refractivity contribution in [3.05, 3.63) is 29.3 Å². The average Bonchev–Trinajstić information content (AvgIpc) is 2.73. The molecular formula is C12H12N4O4. The fourth-order valence-electron chi connectivity index (χ4n) is 1.92. The van der Waals surface area contributed by atoms with Crippen LogP contribution in [-0.2, 0) is 4.74 Å².